The number of carbonyl (C=O) groups is 2. The van der Waals surface area contributed by atoms with Gasteiger partial charge in [0.2, 0.25) is 0 Å². The third-order valence-corrected chi connectivity index (χ3v) is 2.76. The summed E-state index contributed by atoms with van der Waals surface area (Å²) >= 11 is 0. The molecular weight excluding hydrogens is 270 g/mol. The minimum absolute atomic E-state index is 0.0291. The van der Waals surface area contributed by atoms with Crippen LogP contribution in [0.15, 0.2) is 18.2 Å². The maximum Gasteiger partial charge on any atom is 0.321 e. The fourth-order valence-electron chi connectivity index (χ4n) is 1.54. The lowest BCUT2D eigenvalue weighted by Gasteiger charge is -2.23. The van der Waals surface area contributed by atoms with Gasteiger partial charge in [0.15, 0.2) is 11.6 Å². The Morgan fingerprint density at radius 1 is 1.35 bits per heavy atom. The smallest absolute Gasteiger partial charge is 0.321 e. The van der Waals surface area contributed by atoms with Gasteiger partial charge in [0.05, 0.1) is 5.92 Å². The first kappa shape index (κ1) is 15.9. The first-order valence-corrected chi connectivity index (χ1v) is 6.09. The molecule has 2 amide bonds. The molecule has 1 aromatic carbocycles. The molecule has 1 rings (SSSR count). The Morgan fingerprint density at radius 2 is 2.00 bits per heavy atom. The highest BCUT2D eigenvalue weighted by atomic mass is 19.2. The Hall–Kier alpha value is -2.18. The number of urea groups is 1. The predicted octanol–water partition coefficient (Wildman–Crippen LogP) is 2.54. The summed E-state index contributed by atoms with van der Waals surface area (Å²) in [6.45, 7) is 3.50. The topological polar surface area (TPSA) is 69.6 Å². The first-order valence-electron chi connectivity index (χ1n) is 6.09. The predicted molar refractivity (Wildman–Crippen MR) is 69.4 cm³/mol. The number of nitrogens with one attached hydrogen (secondary N) is 1. The second-order valence-corrected chi connectivity index (χ2v) is 4.34. The summed E-state index contributed by atoms with van der Waals surface area (Å²) in [5.41, 5.74) is 0.107. The Labute approximate surface area is 115 Å². The van der Waals surface area contributed by atoms with Gasteiger partial charge in [0, 0.05) is 24.8 Å². The number of carbonyl (C=O) groups excluding carboxylic acids is 1. The zero-order valence-electron chi connectivity index (χ0n) is 11.2. The fourth-order valence-corrected chi connectivity index (χ4v) is 1.54. The summed E-state index contributed by atoms with van der Waals surface area (Å²) in [5, 5.41) is 11.2. The van der Waals surface area contributed by atoms with Crippen LogP contribution in [0.5, 0.6) is 0 Å². The molecule has 2 N–H and O–H groups in total. The Balaban J connectivity index is 2.72. The van der Waals surface area contributed by atoms with E-state index in [1.54, 1.807) is 6.92 Å². The van der Waals surface area contributed by atoms with E-state index in [1.165, 1.54) is 17.9 Å². The fraction of sp³-hybridized carbons (Fsp3) is 0.385. The molecule has 1 aromatic rings. The van der Waals surface area contributed by atoms with Crippen LogP contribution in [-0.4, -0.2) is 35.1 Å². The monoisotopic (exact) mass is 286 g/mol. The van der Waals surface area contributed by atoms with Gasteiger partial charge < -0.3 is 15.3 Å². The SMILES string of the molecule is CCN(CC(C)C(=O)O)C(=O)Nc1ccc(F)c(F)c1. The molecule has 1 unspecified atom stereocenters. The number of anilines is 1. The van der Waals surface area contributed by atoms with Crippen LogP contribution in [0.3, 0.4) is 0 Å². The molecular formula is C13H16F2N2O3. The number of nitrogens with zero attached hydrogens (tertiary/aromatic N) is 1. The Morgan fingerprint density at radius 3 is 2.50 bits per heavy atom. The molecule has 0 saturated carbocycles. The van der Waals surface area contributed by atoms with Gasteiger partial charge in [-0.25, -0.2) is 13.6 Å². The van der Waals surface area contributed by atoms with E-state index < -0.39 is 29.6 Å². The molecule has 0 aromatic heterocycles. The van der Waals surface area contributed by atoms with Crippen molar-refractivity contribution in [3.63, 3.8) is 0 Å². The molecule has 0 fully saturated rings. The van der Waals surface area contributed by atoms with Gasteiger partial charge in [-0.3, -0.25) is 4.79 Å². The van der Waals surface area contributed by atoms with E-state index in [1.807, 2.05) is 0 Å². The van der Waals surface area contributed by atoms with E-state index in [2.05, 4.69) is 5.32 Å². The van der Waals surface area contributed by atoms with Gasteiger partial charge in [-0.1, -0.05) is 6.92 Å². The molecule has 0 spiro atoms. The molecule has 0 bridgehead atoms. The quantitative estimate of drug-likeness (QED) is 0.874. The lowest BCUT2D eigenvalue weighted by atomic mass is 10.2. The van der Waals surface area contributed by atoms with E-state index in [-0.39, 0.29) is 12.2 Å². The van der Waals surface area contributed by atoms with Crippen LogP contribution >= 0.6 is 0 Å². The highest BCUT2D eigenvalue weighted by molar-refractivity contribution is 5.89. The van der Waals surface area contributed by atoms with Crippen molar-refractivity contribution in [1.82, 2.24) is 4.90 Å². The number of hydrogen-bond acceptors (Lipinski definition) is 2. The number of hydrogen-bond donors (Lipinski definition) is 2. The molecule has 0 aliphatic rings. The van der Waals surface area contributed by atoms with Gasteiger partial charge in [-0.05, 0) is 19.1 Å². The third-order valence-electron chi connectivity index (χ3n) is 2.76. The van der Waals surface area contributed by atoms with Gasteiger partial charge in [0.1, 0.15) is 0 Å². The molecule has 0 radical (unpaired) electrons. The Bertz CT molecular complexity index is 508. The minimum atomic E-state index is -1.07. The molecule has 0 aliphatic carbocycles. The van der Waals surface area contributed by atoms with E-state index in [0.29, 0.717) is 6.54 Å². The molecule has 0 heterocycles. The number of carboxylic acid groups (broad SMARTS) is 1. The van der Waals surface area contributed by atoms with Crippen molar-refractivity contribution in [2.24, 2.45) is 5.92 Å². The van der Waals surface area contributed by atoms with Crippen LogP contribution in [0.2, 0.25) is 0 Å². The van der Waals surface area contributed by atoms with Gasteiger partial charge in [0.25, 0.3) is 0 Å². The van der Waals surface area contributed by atoms with Gasteiger partial charge in [-0.15, -0.1) is 0 Å². The van der Waals surface area contributed by atoms with Crippen LogP contribution in [0.25, 0.3) is 0 Å². The number of benzene rings is 1. The van der Waals surface area contributed by atoms with Gasteiger partial charge >= 0.3 is 12.0 Å². The summed E-state index contributed by atoms with van der Waals surface area (Å²) in [6.07, 6.45) is 0. The van der Waals surface area contributed by atoms with Crippen LogP contribution < -0.4 is 5.32 Å². The summed E-state index contributed by atoms with van der Waals surface area (Å²) in [5.74, 6) is -3.80. The lowest BCUT2D eigenvalue weighted by Crippen LogP contribution is -2.39. The standard InChI is InChI=1S/C13H16F2N2O3/c1-3-17(7-8(2)12(18)19)13(20)16-9-4-5-10(14)11(15)6-9/h4-6,8H,3,7H2,1-2H3,(H,16,20)(H,18,19). The highest BCUT2D eigenvalue weighted by Crippen LogP contribution is 2.14. The maximum absolute atomic E-state index is 13.0. The summed E-state index contributed by atoms with van der Waals surface area (Å²) in [6, 6.07) is 2.43. The number of halogens is 2. The molecule has 7 heteroatoms. The highest BCUT2D eigenvalue weighted by Gasteiger charge is 2.19. The third kappa shape index (κ3) is 4.18. The van der Waals surface area contributed by atoms with Crippen molar-refractivity contribution in [2.75, 3.05) is 18.4 Å². The molecule has 1 atom stereocenters. The largest absolute Gasteiger partial charge is 0.481 e. The Kier molecular flexibility index (Phi) is 5.42. The van der Waals surface area contributed by atoms with Crippen molar-refractivity contribution < 1.29 is 23.5 Å². The molecule has 20 heavy (non-hydrogen) atoms. The van der Waals surface area contributed by atoms with Crippen molar-refractivity contribution in [3.8, 4) is 0 Å². The second kappa shape index (κ2) is 6.83. The maximum atomic E-state index is 13.0. The van der Waals surface area contributed by atoms with Crippen molar-refractivity contribution in [2.45, 2.75) is 13.8 Å². The zero-order valence-corrected chi connectivity index (χ0v) is 11.2. The number of rotatable bonds is 5. The van der Waals surface area contributed by atoms with Crippen molar-refractivity contribution in [1.29, 1.82) is 0 Å². The van der Waals surface area contributed by atoms with E-state index in [0.717, 1.165) is 12.1 Å². The van der Waals surface area contributed by atoms with E-state index in [4.69, 9.17) is 5.11 Å². The number of amides is 2. The van der Waals surface area contributed by atoms with E-state index in [9.17, 15) is 18.4 Å². The summed E-state index contributed by atoms with van der Waals surface area (Å²) < 4.78 is 25.8. The van der Waals surface area contributed by atoms with Crippen LogP contribution in [0.1, 0.15) is 13.8 Å². The molecule has 0 saturated heterocycles. The summed E-state index contributed by atoms with van der Waals surface area (Å²) in [4.78, 5) is 23.9. The van der Waals surface area contributed by atoms with E-state index >= 15 is 0 Å². The van der Waals surface area contributed by atoms with Crippen molar-refractivity contribution in [3.05, 3.63) is 29.8 Å². The average molecular weight is 286 g/mol. The van der Waals surface area contributed by atoms with Crippen molar-refractivity contribution >= 4 is 17.7 Å². The number of carboxylic acids is 1. The normalized spacial score (nSPS) is 11.8. The lowest BCUT2D eigenvalue weighted by molar-refractivity contribution is -0.141. The molecule has 5 nitrogen and oxygen atoms in total. The first-order chi connectivity index (χ1) is 9.35. The average Bonchev–Trinajstić information content (AvgIpc) is 2.39. The van der Waals surface area contributed by atoms with Gasteiger partial charge in [-0.2, -0.15) is 0 Å². The number of aliphatic carboxylic acids is 1. The van der Waals surface area contributed by atoms with Crippen LogP contribution in [0, 0.1) is 17.6 Å². The second-order valence-electron chi connectivity index (χ2n) is 4.34. The zero-order chi connectivity index (χ0) is 15.3. The van der Waals surface area contributed by atoms with Crippen LogP contribution in [-0.2, 0) is 4.79 Å². The molecule has 110 valence electrons. The molecule has 0 aliphatic heterocycles. The van der Waals surface area contributed by atoms with Crippen LogP contribution in [0.4, 0.5) is 19.3 Å². The summed E-state index contributed by atoms with van der Waals surface area (Å²) in [7, 11) is 0. The minimum Gasteiger partial charge on any atom is -0.481 e.